The van der Waals surface area contributed by atoms with E-state index >= 15 is 0 Å². The lowest BCUT2D eigenvalue weighted by molar-refractivity contribution is -0.284. The molecule has 0 aliphatic heterocycles. The van der Waals surface area contributed by atoms with Crippen molar-refractivity contribution in [2.45, 2.75) is 24.9 Å². The fraction of sp³-hybridized carbons (Fsp3) is 1.00. The van der Waals surface area contributed by atoms with Crippen LogP contribution in [-0.4, -0.2) is 31.7 Å². The summed E-state index contributed by atoms with van der Waals surface area (Å²) in [5.41, 5.74) is 0. The topological polar surface area (TPSA) is 98.6 Å². The molecule has 0 radical (unpaired) electrons. The Hall–Kier alpha value is -0.520. The van der Waals surface area contributed by atoms with Crippen molar-refractivity contribution in [3.8, 4) is 0 Å². The van der Waals surface area contributed by atoms with E-state index in [4.69, 9.17) is 4.55 Å². The van der Waals surface area contributed by atoms with Gasteiger partial charge in [0.2, 0.25) is 0 Å². The molecule has 0 aromatic rings. The zero-order chi connectivity index (χ0) is 12.3. The normalized spacial score (nSPS) is 13.4. The molecule has 100 valence electrons. The van der Waals surface area contributed by atoms with Crippen molar-refractivity contribution < 1.29 is 39.1 Å². The van der Waals surface area contributed by atoms with Gasteiger partial charge in [0.1, 0.15) is 0 Å². The zero-order valence-electron chi connectivity index (χ0n) is 7.80. The van der Waals surface area contributed by atoms with Gasteiger partial charge in [-0.2, -0.15) is 30.4 Å². The fourth-order valence-electron chi connectivity index (χ4n) is 0.600. The van der Waals surface area contributed by atoms with Gasteiger partial charge in [0.25, 0.3) is 0 Å². The van der Waals surface area contributed by atoms with Crippen molar-refractivity contribution in [3.05, 3.63) is 0 Å². The van der Waals surface area contributed by atoms with Gasteiger partial charge in [0, 0.05) is 6.42 Å². The molecule has 0 amide bonds. The molecule has 0 aromatic heterocycles. The molecule has 0 saturated carbocycles. The van der Waals surface area contributed by atoms with Crippen molar-refractivity contribution >= 4 is 10.4 Å². The molecule has 0 heterocycles. The van der Waals surface area contributed by atoms with E-state index < -0.39 is 41.9 Å². The van der Waals surface area contributed by atoms with Crippen LogP contribution < -0.4 is 6.15 Å². The summed E-state index contributed by atoms with van der Waals surface area (Å²) in [5, 5.41) is 0. The molecule has 16 heavy (non-hydrogen) atoms. The van der Waals surface area contributed by atoms with Crippen molar-refractivity contribution in [3.63, 3.8) is 0 Å². The summed E-state index contributed by atoms with van der Waals surface area (Å²) in [7, 11) is -4.80. The average molecular weight is 275 g/mol. The third kappa shape index (κ3) is 6.87. The van der Waals surface area contributed by atoms with Gasteiger partial charge in [-0.3, -0.25) is 4.55 Å². The quantitative estimate of drug-likeness (QED) is 0.454. The Morgan fingerprint density at radius 2 is 1.56 bits per heavy atom. The van der Waals surface area contributed by atoms with Gasteiger partial charge in [-0.25, -0.2) is 4.18 Å². The van der Waals surface area contributed by atoms with E-state index in [-0.39, 0.29) is 6.15 Å². The van der Waals surface area contributed by atoms with E-state index in [9.17, 15) is 30.4 Å². The molecule has 4 N–H and O–H groups in total. The highest BCUT2D eigenvalue weighted by atomic mass is 32.3. The maximum Gasteiger partial charge on any atom is 0.453 e. The van der Waals surface area contributed by atoms with Gasteiger partial charge in [0.15, 0.2) is 0 Å². The lowest BCUT2D eigenvalue weighted by atomic mass is 10.2. The molecule has 5 nitrogen and oxygen atoms in total. The van der Waals surface area contributed by atoms with Gasteiger partial charge in [-0.15, -0.1) is 0 Å². The highest BCUT2D eigenvalue weighted by Gasteiger charge is 2.56. The summed E-state index contributed by atoms with van der Waals surface area (Å²) in [6.07, 6.45) is -8.14. The standard InChI is InChI=1S/C5H7F5O4S.H3N/c6-4(7,5(8,9)10)2-1-3-14-15(11,12)13;/h1-3H2,(H,11,12,13);1H3. The Morgan fingerprint density at radius 1 is 1.12 bits per heavy atom. The summed E-state index contributed by atoms with van der Waals surface area (Å²) in [6, 6.07) is 0. The summed E-state index contributed by atoms with van der Waals surface area (Å²) in [5.74, 6) is -4.89. The number of rotatable bonds is 5. The molecule has 0 aliphatic rings. The molecule has 0 spiro atoms. The SMILES string of the molecule is N.O=S(=O)(O)OCCCC(F)(F)C(F)(F)F. The van der Waals surface area contributed by atoms with Crippen LogP contribution in [0.15, 0.2) is 0 Å². The molecular formula is C5H10F5NO4S. The summed E-state index contributed by atoms with van der Waals surface area (Å²) in [6.45, 7) is -0.940. The van der Waals surface area contributed by atoms with Gasteiger partial charge < -0.3 is 6.15 Å². The van der Waals surface area contributed by atoms with E-state index in [0.29, 0.717) is 0 Å². The van der Waals surface area contributed by atoms with Crippen molar-refractivity contribution in [1.29, 1.82) is 0 Å². The van der Waals surface area contributed by atoms with Crippen molar-refractivity contribution in [1.82, 2.24) is 6.15 Å². The summed E-state index contributed by atoms with van der Waals surface area (Å²) in [4.78, 5) is 0. The fourth-order valence-corrected chi connectivity index (χ4v) is 0.929. The number of hydrogen-bond acceptors (Lipinski definition) is 4. The Morgan fingerprint density at radius 3 is 1.88 bits per heavy atom. The Balaban J connectivity index is 0. The van der Waals surface area contributed by atoms with Crippen LogP contribution in [0, 0.1) is 0 Å². The average Bonchev–Trinajstić information content (AvgIpc) is 1.94. The molecule has 0 rings (SSSR count). The Bertz CT molecular complexity index is 300. The molecule has 0 saturated heterocycles. The predicted molar refractivity (Wildman–Crippen MR) is 42.8 cm³/mol. The monoisotopic (exact) mass is 275 g/mol. The highest BCUT2D eigenvalue weighted by molar-refractivity contribution is 7.80. The lowest BCUT2D eigenvalue weighted by Crippen LogP contribution is -2.36. The third-order valence-corrected chi connectivity index (χ3v) is 1.75. The minimum absolute atomic E-state index is 0. The first-order chi connectivity index (χ1) is 6.46. The van der Waals surface area contributed by atoms with Crippen LogP contribution in [0.1, 0.15) is 12.8 Å². The minimum atomic E-state index is -5.68. The number of halogens is 5. The van der Waals surface area contributed by atoms with E-state index in [1.54, 1.807) is 0 Å². The van der Waals surface area contributed by atoms with Gasteiger partial charge >= 0.3 is 22.5 Å². The second-order valence-corrected chi connectivity index (χ2v) is 3.65. The van der Waals surface area contributed by atoms with Crippen LogP contribution in [0.25, 0.3) is 0 Å². The first-order valence-corrected chi connectivity index (χ1v) is 4.88. The van der Waals surface area contributed by atoms with Crippen molar-refractivity contribution in [2.24, 2.45) is 0 Å². The van der Waals surface area contributed by atoms with Crippen LogP contribution in [0.4, 0.5) is 22.0 Å². The molecule has 0 fully saturated rings. The van der Waals surface area contributed by atoms with Crippen molar-refractivity contribution in [2.75, 3.05) is 6.61 Å². The third-order valence-electron chi connectivity index (χ3n) is 1.28. The second kappa shape index (κ2) is 5.70. The number of alkyl halides is 5. The van der Waals surface area contributed by atoms with Gasteiger partial charge in [-0.1, -0.05) is 0 Å². The first-order valence-electron chi connectivity index (χ1n) is 3.52. The smallest absolute Gasteiger partial charge is 0.344 e. The molecule has 0 aromatic carbocycles. The van der Waals surface area contributed by atoms with Gasteiger partial charge in [-0.05, 0) is 6.42 Å². The van der Waals surface area contributed by atoms with Crippen LogP contribution in [-0.2, 0) is 14.6 Å². The summed E-state index contributed by atoms with van der Waals surface area (Å²) >= 11 is 0. The Labute approximate surface area is 88.1 Å². The highest BCUT2D eigenvalue weighted by Crippen LogP contribution is 2.38. The van der Waals surface area contributed by atoms with E-state index in [2.05, 4.69) is 4.18 Å². The zero-order valence-corrected chi connectivity index (χ0v) is 8.61. The van der Waals surface area contributed by atoms with Crippen LogP contribution in [0.3, 0.4) is 0 Å². The largest absolute Gasteiger partial charge is 0.453 e. The number of hydrogen-bond donors (Lipinski definition) is 2. The maximum atomic E-state index is 12.2. The Kier molecular flexibility index (Phi) is 6.37. The molecule has 0 bridgehead atoms. The molecule has 0 aliphatic carbocycles. The van der Waals surface area contributed by atoms with Crippen LogP contribution >= 0.6 is 0 Å². The predicted octanol–water partition coefficient (Wildman–Crippen LogP) is 1.95. The van der Waals surface area contributed by atoms with E-state index in [0.717, 1.165) is 0 Å². The van der Waals surface area contributed by atoms with E-state index in [1.807, 2.05) is 0 Å². The van der Waals surface area contributed by atoms with Gasteiger partial charge in [0.05, 0.1) is 6.61 Å². The van der Waals surface area contributed by atoms with Crippen LogP contribution in [0.5, 0.6) is 0 Å². The molecule has 0 unspecified atom stereocenters. The maximum absolute atomic E-state index is 12.2. The van der Waals surface area contributed by atoms with E-state index in [1.165, 1.54) is 0 Å². The second-order valence-electron chi connectivity index (χ2n) is 2.56. The first kappa shape index (κ1) is 17.9. The van der Waals surface area contributed by atoms with Crippen LogP contribution in [0.2, 0.25) is 0 Å². The molecule has 11 heteroatoms. The summed E-state index contributed by atoms with van der Waals surface area (Å²) < 4.78 is 90.2. The molecule has 0 atom stereocenters. The lowest BCUT2D eigenvalue weighted by Gasteiger charge is -2.18. The molecular weight excluding hydrogens is 265 g/mol. The minimum Gasteiger partial charge on any atom is -0.344 e.